The molecule has 0 spiro atoms. The van der Waals surface area contributed by atoms with Gasteiger partial charge in [-0.1, -0.05) is 69.6 Å². The van der Waals surface area contributed by atoms with Crippen molar-refractivity contribution in [3.8, 4) is 11.5 Å². The summed E-state index contributed by atoms with van der Waals surface area (Å²) < 4.78 is 39.9. The molecule has 0 aliphatic rings. The number of rotatable bonds is 13. The number of carbonyl (C=O) groups excluding carboxylic acids is 3. The molecule has 0 aromatic heterocycles. The minimum Gasteiger partial charge on any atom is -0.486 e. The van der Waals surface area contributed by atoms with Gasteiger partial charge in [0.2, 0.25) is 11.8 Å². The molecule has 0 aliphatic carbocycles. The Labute approximate surface area is 341 Å². The Bertz CT molecular complexity index is 2110. The van der Waals surface area contributed by atoms with Crippen LogP contribution in [0.5, 0.6) is 11.5 Å². The molecule has 5 N–H and O–H groups in total. The number of amides is 3. The van der Waals surface area contributed by atoms with Gasteiger partial charge in [-0.2, -0.15) is 0 Å². The van der Waals surface area contributed by atoms with Gasteiger partial charge in [-0.3, -0.25) is 24.0 Å². The molecule has 3 amide bonds. The monoisotopic (exact) mass is 881 g/mol. The lowest BCUT2D eigenvalue weighted by Crippen LogP contribution is -2.29. The van der Waals surface area contributed by atoms with E-state index in [9.17, 15) is 32.8 Å². The van der Waals surface area contributed by atoms with Gasteiger partial charge in [0.15, 0.2) is 23.1 Å². The summed E-state index contributed by atoms with van der Waals surface area (Å²) in [5.41, 5.74) is 0.376. The SMILES string of the molecule is CC(=O)Nc1cc(Cl)cc(COc2c(Cl)cc(C(=O)NCC(=O)O)cc2Cl)c1F.CC(=O)Nc1cc(Cl)cc(COc2c(Cl)cc(CC(=O)O)cc2Cl)c1F. The lowest BCUT2D eigenvalue weighted by atomic mass is 10.1. The summed E-state index contributed by atoms with van der Waals surface area (Å²) >= 11 is 36.2. The second-order valence-electron chi connectivity index (χ2n) is 11.1. The number of halogens is 8. The van der Waals surface area contributed by atoms with Crippen molar-refractivity contribution in [1.82, 2.24) is 5.32 Å². The van der Waals surface area contributed by atoms with Crippen molar-refractivity contribution in [2.75, 3.05) is 17.2 Å². The van der Waals surface area contributed by atoms with Crippen molar-refractivity contribution in [1.29, 1.82) is 0 Å². The number of nitrogens with one attached hydrogen (secondary N) is 3. The maximum absolute atomic E-state index is 14.5. The smallest absolute Gasteiger partial charge is 0.322 e. The van der Waals surface area contributed by atoms with Crippen LogP contribution >= 0.6 is 69.6 Å². The Hall–Kier alpha value is -4.57. The minimum absolute atomic E-state index is 0.0106. The highest BCUT2D eigenvalue weighted by molar-refractivity contribution is 6.38. The number of ether oxygens (including phenoxy) is 2. The van der Waals surface area contributed by atoms with E-state index in [1.54, 1.807) is 0 Å². The molecule has 0 fully saturated rings. The van der Waals surface area contributed by atoms with Crippen LogP contribution in [-0.2, 0) is 38.8 Å². The average molecular weight is 884 g/mol. The number of benzene rings is 4. The Morgan fingerprint density at radius 1 is 0.618 bits per heavy atom. The molecule has 0 atom stereocenters. The molecule has 0 unspecified atom stereocenters. The molecule has 0 heterocycles. The normalized spacial score (nSPS) is 10.4. The van der Waals surface area contributed by atoms with E-state index in [2.05, 4.69) is 16.0 Å². The lowest BCUT2D eigenvalue weighted by molar-refractivity contribution is -0.137. The van der Waals surface area contributed by atoms with Gasteiger partial charge in [-0.05, 0) is 54.1 Å². The number of anilines is 2. The van der Waals surface area contributed by atoms with Crippen LogP contribution in [0.4, 0.5) is 20.2 Å². The van der Waals surface area contributed by atoms with Crippen molar-refractivity contribution < 1.29 is 52.4 Å². The molecular formula is C35H27Cl6F2N3O9. The lowest BCUT2D eigenvalue weighted by Gasteiger charge is -2.14. The molecule has 0 bridgehead atoms. The van der Waals surface area contributed by atoms with E-state index in [4.69, 9.17) is 89.3 Å². The second kappa shape index (κ2) is 20.4. The number of aliphatic carboxylic acids is 2. The number of carboxylic acid groups (broad SMARTS) is 2. The van der Waals surface area contributed by atoms with Crippen LogP contribution in [0.3, 0.4) is 0 Å². The minimum atomic E-state index is -1.21. The van der Waals surface area contributed by atoms with Crippen molar-refractivity contribution in [2.24, 2.45) is 0 Å². The molecule has 20 heteroatoms. The molecule has 292 valence electrons. The second-order valence-corrected chi connectivity index (χ2v) is 13.6. The fourth-order valence-corrected chi connectivity index (χ4v) is 6.20. The Morgan fingerprint density at radius 2 is 1.02 bits per heavy atom. The summed E-state index contributed by atoms with van der Waals surface area (Å²) in [7, 11) is 0. The molecule has 55 heavy (non-hydrogen) atoms. The van der Waals surface area contributed by atoms with Crippen LogP contribution in [0.15, 0.2) is 48.5 Å². The first kappa shape index (κ1) is 44.8. The first-order valence-corrected chi connectivity index (χ1v) is 17.5. The molecule has 12 nitrogen and oxygen atoms in total. The van der Waals surface area contributed by atoms with Gasteiger partial charge in [0.05, 0.1) is 37.9 Å². The van der Waals surface area contributed by atoms with Crippen molar-refractivity contribution in [3.05, 3.63) is 113 Å². The summed E-state index contributed by atoms with van der Waals surface area (Å²) in [4.78, 5) is 55.5. The quantitative estimate of drug-likeness (QED) is 0.0876. The number of carboxylic acids is 2. The summed E-state index contributed by atoms with van der Waals surface area (Å²) in [5, 5.41) is 24.7. The summed E-state index contributed by atoms with van der Waals surface area (Å²) in [5.74, 6) is -5.20. The fraction of sp³-hybridized carbons (Fsp3) is 0.171. The summed E-state index contributed by atoms with van der Waals surface area (Å²) in [6.45, 7) is 1.33. The van der Waals surface area contributed by atoms with E-state index >= 15 is 0 Å². The largest absolute Gasteiger partial charge is 0.486 e. The third kappa shape index (κ3) is 13.6. The van der Waals surface area contributed by atoms with Crippen LogP contribution < -0.4 is 25.4 Å². The Kier molecular flexibility index (Phi) is 16.6. The highest BCUT2D eigenvalue weighted by Gasteiger charge is 2.19. The van der Waals surface area contributed by atoms with Crippen molar-refractivity contribution in [2.45, 2.75) is 33.5 Å². The van der Waals surface area contributed by atoms with Crippen LogP contribution in [0.1, 0.15) is 40.9 Å². The summed E-state index contributed by atoms with van der Waals surface area (Å²) in [6.07, 6.45) is -0.247. The number of carbonyl (C=O) groups is 5. The van der Waals surface area contributed by atoms with Crippen LogP contribution in [-0.4, -0.2) is 46.4 Å². The molecular weight excluding hydrogens is 857 g/mol. The third-order valence-electron chi connectivity index (χ3n) is 6.66. The van der Waals surface area contributed by atoms with Gasteiger partial charge in [-0.25, -0.2) is 8.78 Å². The van der Waals surface area contributed by atoms with Crippen molar-refractivity contribution >= 4 is 111 Å². The molecule has 4 aromatic carbocycles. The molecule has 4 aromatic rings. The third-order valence-corrected chi connectivity index (χ3v) is 8.22. The highest BCUT2D eigenvalue weighted by atomic mass is 35.5. The summed E-state index contributed by atoms with van der Waals surface area (Å²) in [6, 6.07) is 10.5. The van der Waals surface area contributed by atoms with Crippen molar-refractivity contribution in [3.63, 3.8) is 0 Å². The predicted molar refractivity (Wildman–Crippen MR) is 204 cm³/mol. The Balaban J connectivity index is 0.000000297. The highest BCUT2D eigenvalue weighted by Crippen LogP contribution is 2.37. The van der Waals surface area contributed by atoms with Gasteiger partial charge in [0.1, 0.15) is 19.8 Å². The van der Waals surface area contributed by atoms with E-state index in [1.165, 1.54) is 62.4 Å². The zero-order valence-electron chi connectivity index (χ0n) is 28.2. The van der Waals surface area contributed by atoms with Gasteiger partial charge >= 0.3 is 11.9 Å². The zero-order valence-corrected chi connectivity index (χ0v) is 32.8. The van der Waals surface area contributed by atoms with Crippen LogP contribution in [0.2, 0.25) is 30.1 Å². The van der Waals surface area contributed by atoms with Gasteiger partial charge in [0, 0.05) is 40.6 Å². The van der Waals surface area contributed by atoms with E-state index in [0.29, 0.717) is 5.56 Å². The maximum Gasteiger partial charge on any atom is 0.322 e. The zero-order chi connectivity index (χ0) is 41.1. The molecule has 0 aliphatic heterocycles. The fourth-order valence-electron chi connectivity index (χ4n) is 4.48. The molecule has 0 radical (unpaired) electrons. The first-order valence-electron chi connectivity index (χ1n) is 15.2. The Morgan fingerprint density at radius 3 is 1.38 bits per heavy atom. The molecule has 4 rings (SSSR count). The standard InChI is InChI=1S/C18H14Cl3FN2O5.C17H13Cl3FNO4/c1-8(25)24-14-5-11(19)2-10(16(14)22)7-29-17-12(20)3-9(4-13(17)21)18(28)23-6-15(26)27;1-8(23)22-14-6-11(18)5-10(16(14)21)7-26-17-12(19)2-9(3-13(17)20)4-15(24)25/h2-5H,6-7H2,1H3,(H,23,28)(H,24,25)(H,26,27);2-3,5-6H,4,7H2,1H3,(H,22,23)(H,24,25). The number of hydrogen-bond acceptors (Lipinski definition) is 7. The van der Waals surface area contributed by atoms with Gasteiger partial charge in [-0.15, -0.1) is 0 Å². The molecule has 0 saturated carbocycles. The van der Waals surface area contributed by atoms with E-state index < -0.39 is 47.8 Å². The van der Waals surface area contributed by atoms with E-state index in [0.717, 1.165) is 0 Å². The van der Waals surface area contributed by atoms with Gasteiger partial charge in [0.25, 0.3) is 5.91 Å². The number of hydrogen-bond donors (Lipinski definition) is 5. The van der Waals surface area contributed by atoms with Gasteiger partial charge < -0.3 is 35.6 Å². The maximum atomic E-state index is 14.5. The van der Waals surface area contributed by atoms with E-state index in [1.807, 2.05) is 0 Å². The van der Waals surface area contributed by atoms with E-state index in [-0.39, 0.29) is 89.3 Å². The predicted octanol–water partition coefficient (Wildman–Crippen LogP) is 9.09. The van der Waals surface area contributed by atoms with Crippen LogP contribution in [0, 0.1) is 11.6 Å². The topological polar surface area (TPSA) is 180 Å². The molecule has 0 saturated heterocycles. The van der Waals surface area contributed by atoms with Crippen LogP contribution in [0.25, 0.3) is 0 Å². The average Bonchev–Trinajstić information content (AvgIpc) is 3.06. The first-order chi connectivity index (χ1) is 25.7.